The van der Waals surface area contributed by atoms with Gasteiger partial charge in [0.15, 0.2) is 5.96 Å². The van der Waals surface area contributed by atoms with Crippen molar-refractivity contribution < 1.29 is 9.13 Å². The predicted octanol–water partition coefficient (Wildman–Crippen LogP) is 3.44. The first-order valence-electron chi connectivity index (χ1n) is 7.26. The molecular weight excluding hydrogens is 464 g/mol. The number of aliphatic imine (C=N–C) groups is 1. The first kappa shape index (κ1) is 19.6. The summed E-state index contributed by atoms with van der Waals surface area (Å²) in [5.41, 5.74) is 0.823. The average molecular weight is 486 g/mol. The molecule has 22 heavy (non-hydrogen) atoms. The minimum Gasteiger partial charge on any atom is -0.376 e. The molecule has 1 heterocycles. The molecule has 124 valence electrons. The van der Waals surface area contributed by atoms with E-state index < -0.39 is 0 Å². The lowest BCUT2D eigenvalue weighted by Crippen LogP contribution is -2.41. The second kappa shape index (κ2) is 10.4. The molecule has 0 bridgehead atoms. The van der Waals surface area contributed by atoms with Gasteiger partial charge >= 0.3 is 0 Å². The maximum Gasteiger partial charge on any atom is 0.191 e. The molecule has 2 rings (SSSR count). The minimum absolute atomic E-state index is 0. The van der Waals surface area contributed by atoms with Crippen LogP contribution in [0.25, 0.3) is 0 Å². The zero-order valence-corrected chi connectivity index (χ0v) is 16.5. The Morgan fingerprint density at radius 3 is 2.95 bits per heavy atom. The van der Waals surface area contributed by atoms with Gasteiger partial charge in [-0.2, -0.15) is 0 Å². The first-order chi connectivity index (χ1) is 10.2. The maximum absolute atomic E-state index is 13.3. The van der Waals surface area contributed by atoms with Crippen LogP contribution in [0, 0.1) is 5.82 Å². The quantitative estimate of drug-likeness (QED) is 0.381. The molecule has 0 radical (unpaired) electrons. The van der Waals surface area contributed by atoms with Gasteiger partial charge in [-0.05, 0) is 43.5 Å². The van der Waals surface area contributed by atoms with Gasteiger partial charge < -0.3 is 15.4 Å². The molecule has 1 atom stereocenters. The van der Waals surface area contributed by atoms with Crippen molar-refractivity contribution in [3.63, 3.8) is 0 Å². The highest BCUT2D eigenvalue weighted by Gasteiger charge is 2.15. The van der Waals surface area contributed by atoms with Gasteiger partial charge in [0.2, 0.25) is 0 Å². The number of guanidine groups is 1. The third kappa shape index (κ3) is 6.37. The fourth-order valence-corrected chi connectivity index (χ4v) is 2.56. The van der Waals surface area contributed by atoms with Crippen molar-refractivity contribution in [2.24, 2.45) is 4.99 Å². The molecule has 2 N–H and O–H groups in total. The smallest absolute Gasteiger partial charge is 0.191 e. The van der Waals surface area contributed by atoms with Crippen LogP contribution in [0.3, 0.4) is 0 Å². The van der Waals surface area contributed by atoms with Crippen LogP contribution in [0.5, 0.6) is 0 Å². The summed E-state index contributed by atoms with van der Waals surface area (Å²) in [6, 6.07) is 4.63. The Morgan fingerprint density at radius 1 is 1.45 bits per heavy atom. The van der Waals surface area contributed by atoms with Crippen molar-refractivity contribution in [3.8, 4) is 0 Å². The summed E-state index contributed by atoms with van der Waals surface area (Å²) in [7, 11) is 0. The van der Waals surface area contributed by atoms with Gasteiger partial charge in [0.1, 0.15) is 5.82 Å². The molecule has 1 fully saturated rings. The molecule has 1 aromatic rings. The van der Waals surface area contributed by atoms with Crippen molar-refractivity contribution in [1.29, 1.82) is 0 Å². The van der Waals surface area contributed by atoms with E-state index in [-0.39, 0.29) is 35.9 Å². The zero-order chi connectivity index (χ0) is 15.1. The van der Waals surface area contributed by atoms with Gasteiger partial charge in [0.25, 0.3) is 0 Å². The van der Waals surface area contributed by atoms with Crippen molar-refractivity contribution in [1.82, 2.24) is 10.6 Å². The van der Waals surface area contributed by atoms with Crippen LogP contribution in [-0.4, -0.2) is 31.8 Å². The van der Waals surface area contributed by atoms with Crippen LogP contribution >= 0.6 is 39.9 Å². The van der Waals surface area contributed by atoms with E-state index in [1.165, 1.54) is 12.1 Å². The molecular formula is C15H22BrFIN3O. The van der Waals surface area contributed by atoms with Crippen LogP contribution in [0.4, 0.5) is 4.39 Å². The number of hydrogen-bond donors (Lipinski definition) is 2. The molecule has 0 saturated carbocycles. The molecule has 1 aromatic carbocycles. The Kier molecular flexibility index (Phi) is 9.27. The summed E-state index contributed by atoms with van der Waals surface area (Å²) in [6.07, 6.45) is 2.47. The lowest BCUT2D eigenvalue weighted by molar-refractivity contribution is 0.114. The van der Waals surface area contributed by atoms with Crippen molar-refractivity contribution in [3.05, 3.63) is 34.1 Å². The molecule has 1 unspecified atom stereocenters. The lowest BCUT2D eigenvalue weighted by atomic mass is 10.2. The number of hydrogen-bond acceptors (Lipinski definition) is 2. The second-order valence-corrected chi connectivity index (χ2v) is 5.80. The van der Waals surface area contributed by atoms with Crippen molar-refractivity contribution in [2.45, 2.75) is 32.4 Å². The van der Waals surface area contributed by atoms with E-state index >= 15 is 0 Å². The van der Waals surface area contributed by atoms with Gasteiger partial charge in [0.05, 0.1) is 12.6 Å². The average Bonchev–Trinajstić information content (AvgIpc) is 2.98. The third-order valence-corrected chi connectivity index (χ3v) is 4.05. The highest BCUT2D eigenvalue weighted by Crippen LogP contribution is 2.18. The van der Waals surface area contributed by atoms with Gasteiger partial charge in [0, 0.05) is 24.2 Å². The molecule has 0 spiro atoms. The topological polar surface area (TPSA) is 45.7 Å². The van der Waals surface area contributed by atoms with Gasteiger partial charge in [-0.25, -0.2) is 9.38 Å². The largest absolute Gasteiger partial charge is 0.376 e. The van der Waals surface area contributed by atoms with E-state index in [2.05, 4.69) is 31.6 Å². The molecule has 4 nitrogen and oxygen atoms in total. The minimum atomic E-state index is -0.249. The van der Waals surface area contributed by atoms with Crippen LogP contribution in [-0.2, 0) is 11.3 Å². The van der Waals surface area contributed by atoms with E-state index in [0.29, 0.717) is 6.54 Å². The predicted molar refractivity (Wildman–Crippen MR) is 101 cm³/mol. The van der Waals surface area contributed by atoms with Gasteiger partial charge in [-0.15, -0.1) is 24.0 Å². The molecule has 0 amide bonds. The Bertz CT molecular complexity index is 496. The zero-order valence-electron chi connectivity index (χ0n) is 12.6. The number of rotatable bonds is 5. The number of halogens is 3. The third-order valence-electron chi connectivity index (χ3n) is 3.28. The van der Waals surface area contributed by atoms with Crippen LogP contribution in [0.1, 0.15) is 25.3 Å². The summed E-state index contributed by atoms with van der Waals surface area (Å²) in [5, 5.41) is 6.46. The van der Waals surface area contributed by atoms with E-state index in [4.69, 9.17) is 4.74 Å². The molecule has 7 heteroatoms. The van der Waals surface area contributed by atoms with Crippen molar-refractivity contribution >= 4 is 45.9 Å². The Morgan fingerprint density at radius 2 is 2.27 bits per heavy atom. The van der Waals surface area contributed by atoms with Gasteiger partial charge in [-0.1, -0.05) is 15.9 Å². The maximum atomic E-state index is 13.3. The van der Waals surface area contributed by atoms with E-state index in [1.807, 2.05) is 6.92 Å². The molecule has 0 aliphatic carbocycles. The number of nitrogens with one attached hydrogen (secondary N) is 2. The van der Waals surface area contributed by atoms with Gasteiger partial charge in [-0.3, -0.25) is 0 Å². The summed E-state index contributed by atoms with van der Waals surface area (Å²) < 4.78 is 19.7. The molecule has 1 saturated heterocycles. The van der Waals surface area contributed by atoms with E-state index in [1.54, 1.807) is 6.07 Å². The first-order valence-corrected chi connectivity index (χ1v) is 8.06. The Balaban J connectivity index is 0.00000242. The second-order valence-electron chi connectivity index (χ2n) is 4.95. The Labute approximate surface area is 156 Å². The molecule has 0 aromatic heterocycles. The fraction of sp³-hybridized carbons (Fsp3) is 0.533. The fourth-order valence-electron chi connectivity index (χ4n) is 2.19. The highest BCUT2D eigenvalue weighted by molar-refractivity contribution is 14.0. The van der Waals surface area contributed by atoms with Crippen molar-refractivity contribution in [2.75, 3.05) is 19.7 Å². The summed E-state index contributed by atoms with van der Waals surface area (Å²) in [4.78, 5) is 4.49. The standard InChI is InChI=1S/C15H21BrFN3O.HI/c1-2-18-15(20-10-13-4-3-7-21-13)19-9-11-8-12(17)5-6-14(11)16;/h5-6,8,13H,2-4,7,9-10H2,1H3,(H2,18,19,20);1H. The SMILES string of the molecule is CCNC(=NCc1cc(F)ccc1Br)NCC1CCCO1.I. The monoisotopic (exact) mass is 485 g/mol. The van der Waals surface area contributed by atoms with E-state index in [9.17, 15) is 4.39 Å². The van der Waals surface area contributed by atoms with E-state index in [0.717, 1.165) is 48.5 Å². The lowest BCUT2D eigenvalue weighted by Gasteiger charge is -2.15. The van der Waals surface area contributed by atoms with Crippen LogP contribution in [0.2, 0.25) is 0 Å². The summed E-state index contributed by atoms with van der Waals surface area (Å²) in [6.45, 7) is 4.80. The number of benzene rings is 1. The Hall–Kier alpha value is -0.410. The number of nitrogens with zero attached hydrogens (tertiary/aromatic N) is 1. The highest BCUT2D eigenvalue weighted by atomic mass is 127. The normalized spacial score (nSPS) is 18.0. The number of ether oxygens (including phenoxy) is 1. The molecule has 1 aliphatic heterocycles. The van der Waals surface area contributed by atoms with Crippen LogP contribution < -0.4 is 10.6 Å². The summed E-state index contributed by atoms with van der Waals surface area (Å²) in [5.74, 6) is 0.477. The summed E-state index contributed by atoms with van der Waals surface area (Å²) >= 11 is 3.42. The van der Waals surface area contributed by atoms with Crippen LogP contribution in [0.15, 0.2) is 27.7 Å². The molecule has 1 aliphatic rings.